The van der Waals surface area contributed by atoms with Gasteiger partial charge in [-0.25, -0.2) is 12.8 Å². The SMILES string of the molecule is O=C(O)CN(Cc1cccc(F)c1)S(=O)(=O)C1(c2c(Cc3ccccc3)oc3ccccc23)C=CC(c2ccccc2)=CC1. The number of aliphatic carboxylic acids is 1. The molecule has 1 N–H and O–H groups in total. The van der Waals surface area contributed by atoms with Crippen LogP contribution in [0.2, 0.25) is 0 Å². The topological polar surface area (TPSA) is 87.8 Å². The zero-order valence-electron chi connectivity index (χ0n) is 23.8. The summed E-state index contributed by atoms with van der Waals surface area (Å²) in [5.41, 5.74) is 4.05. The zero-order valence-corrected chi connectivity index (χ0v) is 24.6. The first-order valence-corrected chi connectivity index (χ1v) is 15.7. The molecule has 1 atom stereocenters. The molecule has 0 radical (unpaired) electrons. The summed E-state index contributed by atoms with van der Waals surface area (Å²) in [5.74, 6) is -1.38. The Labute approximate surface area is 255 Å². The van der Waals surface area contributed by atoms with Crippen molar-refractivity contribution in [1.82, 2.24) is 4.31 Å². The number of para-hydroxylation sites is 1. The number of nitrogens with zero attached hydrogens (tertiary/aromatic N) is 1. The van der Waals surface area contributed by atoms with E-state index in [0.29, 0.717) is 34.3 Å². The first-order valence-electron chi connectivity index (χ1n) is 14.2. The van der Waals surface area contributed by atoms with Gasteiger partial charge in [-0.3, -0.25) is 4.79 Å². The second kappa shape index (κ2) is 12.1. The van der Waals surface area contributed by atoms with Crippen LogP contribution in [-0.4, -0.2) is 30.3 Å². The molecule has 8 heteroatoms. The summed E-state index contributed by atoms with van der Waals surface area (Å²) in [6, 6.07) is 32.1. The quantitative estimate of drug-likeness (QED) is 0.180. The van der Waals surface area contributed by atoms with Gasteiger partial charge in [0.2, 0.25) is 10.0 Å². The van der Waals surface area contributed by atoms with Crippen molar-refractivity contribution >= 4 is 32.5 Å². The number of carboxylic acid groups (broad SMARTS) is 1. The maximum Gasteiger partial charge on any atom is 0.318 e. The lowest BCUT2D eigenvalue weighted by Gasteiger charge is -2.37. The minimum absolute atomic E-state index is 0.0284. The molecule has 0 saturated carbocycles. The number of hydrogen-bond donors (Lipinski definition) is 1. The highest BCUT2D eigenvalue weighted by molar-refractivity contribution is 7.90. The Morgan fingerprint density at radius 1 is 0.886 bits per heavy atom. The fourth-order valence-electron chi connectivity index (χ4n) is 5.88. The summed E-state index contributed by atoms with van der Waals surface area (Å²) in [7, 11) is -4.49. The molecule has 4 aromatic carbocycles. The zero-order chi connectivity index (χ0) is 30.7. The molecule has 6 rings (SSSR count). The number of rotatable bonds is 10. The second-order valence-electron chi connectivity index (χ2n) is 10.8. The molecule has 5 aromatic rings. The van der Waals surface area contributed by atoms with E-state index in [9.17, 15) is 14.3 Å². The normalized spacial score (nSPS) is 16.7. The van der Waals surface area contributed by atoms with E-state index in [-0.39, 0.29) is 13.0 Å². The van der Waals surface area contributed by atoms with E-state index in [1.54, 1.807) is 24.3 Å². The summed E-state index contributed by atoms with van der Waals surface area (Å²) >= 11 is 0. The predicted molar refractivity (Wildman–Crippen MR) is 169 cm³/mol. The van der Waals surface area contributed by atoms with Gasteiger partial charge in [0.05, 0.1) is 0 Å². The molecule has 1 heterocycles. The van der Waals surface area contributed by atoms with E-state index in [2.05, 4.69) is 0 Å². The van der Waals surface area contributed by atoms with Crippen LogP contribution in [0.5, 0.6) is 0 Å². The first-order chi connectivity index (χ1) is 21.3. The third-order valence-electron chi connectivity index (χ3n) is 7.92. The average Bonchev–Trinajstić information content (AvgIpc) is 3.39. The molecule has 0 fully saturated rings. The van der Waals surface area contributed by atoms with Crippen LogP contribution in [0.4, 0.5) is 4.39 Å². The number of halogens is 1. The Morgan fingerprint density at radius 2 is 1.57 bits per heavy atom. The smallest absolute Gasteiger partial charge is 0.318 e. The van der Waals surface area contributed by atoms with Crippen LogP contribution in [0.15, 0.2) is 132 Å². The second-order valence-corrected chi connectivity index (χ2v) is 13.0. The molecule has 0 spiro atoms. The van der Waals surface area contributed by atoms with Crippen molar-refractivity contribution in [2.45, 2.75) is 24.1 Å². The molecule has 1 unspecified atom stereocenters. The van der Waals surface area contributed by atoms with Gasteiger partial charge < -0.3 is 9.52 Å². The number of benzene rings is 4. The molecule has 1 aliphatic carbocycles. The highest BCUT2D eigenvalue weighted by Gasteiger charge is 2.51. The maximum absolute atomic E-state index is 15.1. The standard InChI is InChI=1S/C36H30FNO5S/c37-30-15-9-12-27(22-30)24-38(25-34(39)40)44(41,42)36(20-18-29(19-21-36)28-13-5-2-6-14-28)35-31-16-7-8-17-32(31)43-33(35)23-26-10-3-1-4-11-26/h1-20,22H,21,23-25H2,(H,39,40). The minimum Gasteiger partial charge on any atom is -0.480 e. The van der Waals surface area contributed by atoms with Crippen molar-refractivity contribution in [2.24, 2.45) is 0 Å². The van der Waals surface area contributed by atoms with E-state index in [1.807, 2.05) is 84.9 Å². The van der Waals surface area contributed by atoms with Gasteiger partial charge in [0.25, 0.3) is 0 Å². The average molecular weight is 608 g/mol. The molecule has 0 aliphatic heterocycles. The van der Waals surface area contributed by atoms with E-state index in [0.717, 1.165) is 21.0 Å². The molecular formula is C36H30FNO5S. The Hall–Kier alpha value is -4.79. The first kappa shape index (κ1) is 29.3. The summed E-state index contributed by atoms with van der Waals surface area (Å²) in [4.78, 5) is 12.1. The summed E-state index contributed by atoms with van der Waals surface area (Å²) in [6.07, 6.45) is 5.68. The molecule has 1 aromatic heterocycles. The van der Waals surface area contributed by atoms with Crippen LogP contribution in [0, 0.1) is 5.82 Å². The highest BCUT2D eigenvalue weighted by atomic mass is 32.2. The van der Waals surface area contributed by atoms with E-state index >= 15 is 8.42 Å². The van der Waals surface area contributed by atoms with Crippen molar-refractivity contribution < 1.29 is 27.1 Å². The number of carbonyl (C=O) groups is 1. The van der Waals surface area contributed by atoms with Gasteiger partial charge >= 0.3 is 5.97 Å². The number of fused-ring (bicyclic) bond motifs is 1. The number of allylic oxidation sites excluding steroid dienone is 3. The molecule has 0 saturated heterocycles. The number of carboxylic acids is 1. The van der Waals surface area contributed by atoms with Gasteiger partial charge in [-0.05, 0) is 46.9 Å². The minimum atomic E-state index is -4.49. The lowest BCUT2D eigenvalue weighted by atomic mass is 9.85. The Balaban J connectivity index is 1.56. The molecule has 0 amide bonds. The fraction of sp³-hybridized carbons (Fsp3) is 0.139. The third-order valence-corrected chi connectivity index (χ3v) is 10.3. The van der Waals surface area contributed by atoms with Crippen LogP contribution in [0.25, 0.3) is 16.5 Å². The number of hydrogen-bond acceptors (Lipinski definition) is 4. The summed E-state index contributed by atoms with van der Waals surface area (Å²) in [5, 5.41) is 10.5. The molecule has 44 heavy (non-hydrogen) atoms. The predicted octanol–water partition coefficient (Wildman–Crippen LogP) is 7.32. The molecule has 222 valence electrons. The van der Waals surface area contributed by atoms with Crippen LogP contribution in [-0.2, 0) is 32.5 Å². The summed E-state index contributed by atoms with van der Waals surface area (Å²) < 4.78 is 49.9. The van der Waals surface area contributed by atoms with Crippen LogP contribution in [0.1, 0.15) is 34.4 Å². The fourth-order valence-corrected chi connectivity index (χ4v) is 7.96. The van der Waals surface area contributed by atoms with Crippen molar-refractivity contribution in [1.29, 1.82) is 0 Å². The number of sulfonamides is 1. The van der Waals surface area contributed by atoms with E-state index in [4.69, 9.17) is 4.42 Å². The Kier molecular flexibility index (Phi) is 8.03. The van der Waals surface area contributed by atoms with Gasteiger partial charge in [-0.1, -0.05) is 109 Å². The molecule has 1 aliphatic rings. The van der Waals surface area contributed by atoms with Gasteiger partial charge in [0, 0.05) is 23.9 Å². The Bertz CT molecular complexity index is 1980. The van der Waals surface area contributed by atoms with Crippen molar-refractivity contribution in [3.63, 3.8) is 0 Å². The molecule has 6 nitrogen and oxygen atoms in total. The number of furan rings is 1. The van der Waals surface area contributed by atoms with E-state index in [1.165, 1.54) is 18.2 Å². The van der Waals surface area contributed by atoms with Crippen LogP contribution >= 0.6 is 0 Å². The third kappa shape index (κ3) is 5.62. The monoisotopic (exact) mass is 607 g/mol. The van der Waals surface area contributed by atoms with Crippen LogP contribution < -0.4 is 0 Å². The summed E-state index contributed by atoms with van der Waals surface area (Å²) in [6.45, 7) is -1.12. The van der Waals surface area contributed by atoms with E-state index < -0.39 is 33.1 Å². The van der Waals surface area contributed by atoms with Crippen molar-refractivity contribution in [3.8, 4) is 0 Å². The lowest BCUT2D eigenvalue weighted by Crippen LogP contribution is -2.47. The highest BCUT2D eigenvalue weighted by Crippen LogP contribution is 2.48. The van der Waals surface area contributed by atoms with Gasteiger partial charge in [-0.15, -0.1) is 0 Å². The Morgan fingerprint density at radius 3 is 2.25 bits per heavy atom. The van der Waals surface area contributed by atoms with Crippen molar-refractivity contribution in [3.05, 3.63) is 161 Å². The van der Waals surface area contributed by atoms with Crippen molar-refractivity contribution in [2.75, 3.05) is 6.54 Å². The molecule has 0 bridgehead atoms. The van der Waals surface area contributed by atoms with Gasteiger partial charge in [0.1, 0.15) is 28.5 Å². The largest absolute Gasteiger partial charge is 0.480 e. The van der Waals surface area contributed by atoms with Crippen LogP contribution in [0.3, 0.4) is 0 Å². The maximum atomic E-state index is 15.1. The van der Waals surface area contributed by atoms with Gasteiger partial charge in [0.15, 0.2) is 0 Å². The lowest BCUT2D eigenvalue weighted by molar-refractivity contribution is -0.137. The molecular weight excluding hydrogens is 577 g/mol. The van der Waals surface area contributed by atoms with Gasteiger partial charge in [-0.2, -0.15) is 4.31 Å².